The molecule has 0 spiro atoms. The summed E-state index contributed by atoms with van der Waals surface area (Å²) in [5.41, 5.74) is 4.09. The van der Waals surface area contributed by atoms with Crippen LogP contribution in [0.5, 0.6) is 0 Å². The van der Waals surface area contributed by atoms with Gasteiger partial charge in [0.2, 0.25) is 0 Å². The van der Waals surface area contributed by atoms with Gasteiger partial charge in [0.05, 0.1) is 18.8 Å². The molecule has 0 bridgehead atoms. The van der Waals surface area contributed by atoms with Crippen molar-refractivity contribution < 1.29 is 5.11 Å². The minimum atomic E-state index is 0.0769. The Bertz CT molecular complexity index is 887. The van der Waals surface area contributed by atoms with Crippen molar-refractivity contribution in [2.24, 2.45) is 0 Å². The van der Waals surface area contributed by atoms with Crippen molar-refractivity contribution in [3.63, 3.8) is 0 Å². The molecule has 4 nitrogen and oxygen atoms in total. The molecule has 104 valence electrons. The predicted octanol–water partition coefficient (Wildman–Crippen LogP) is 2.83. The molecule has 0 atom stereocenters. The van der Waals surface area contributed by atoms with E-state index in [0.717, 1.165) is 34.4 Å². The van der Waals surface area contributed by atoms with E-state index in [-0.39, 0.29) is 6.61 Å². The Morgan fingerprint density at radius 2 is 2.00 bits per heavy atom. The summed E-state index contributed by atoms with van der Waals surface area (Å²) in [5, 5.41) is 10.3. The van der Waals surface area contributed by atoms with Gasteiger partial charge in [0.15, 0.2) is 0 Å². The first-order chi connectivity index (χ1) is 10.3. The third-order valence-electron chi connectivity index (χ3n) is 3.76. The van der Waals surface area contributed by atoms with Crippen LogP contribution in [0.4, 0.5) is 0 Å². The van der Waals surface area contributed by atoms with E-state index in [1.807, 2.05) is 40.9 Å². The smallest absolute Gasteiger partial charge is 0.137 e. The standard InChI is InChI=1S/C17H15N3O/c21-12-13-4-5-16-14(9-13)6-8-19(16)10-15-11-20-7-2-1-3-17(20)18-15/h1-9,11,21H,10,12H2. The van der Waals surface area contributed by atoms with Crippen molar-refractivity contribution >= 4 is 16.6 Å². The van der Waals surface area contributed by atoms with Gasteiger partial charge in [-0.1, -0.05) is 12.1 Å². The van der Waals surface area contributed by atoms with Crippen molar-refractivity contribution in [3.05, 3.63) is 72.3 Å². The molecule has 4 heteroatoms. The molecule has 0 aliphatic rings. The van der Waals surface area contributed by atoms with Gasteiger partial charge in [0.25, 0.3) is 0 Å². The van der Waals surface area contributed by atoms with Crippen molar-refractivity contribution in [2.45, 2.75) is 13.2 Å². The Kier molecular flexibility index (Phi) is 2.75. The largest absolute Gasteiger partial charge is 0.392 e. The molecule has 3 aromatic heterocycles. The molecule has 0 amide bonds. The van der Waals surface area contributed by atoms with Crippen molar-refractivity contribution in [1.29, 1.82) is 0 Å². The van der Waals surface area contributed by atoms with E-state index < -0.39 is 0 Å². The van der Waals surface area contributed by atoms with Gasteiger partial charge in [0, 0.05) is 24.1 Å². The third kappa shape index (κ3) is 2.10. The van der Waals surface area contributed by atoms with Crippen LogP contribution in [-0.4, -0.2) is 19.1 Å². The summed E-state index contributed by atoms with van der Waals surface area (Å²) < 4.78 is 4.21. The quantitative estimate of drug-likeness (QED) is 0.625. The second-order valence-electron chi connectivity index (χ2n) is 5.19. The highest BCUT2D eigenvalue weighted by molar-refractivity contribution is 5.81. The first-order valence-electron chi connectivity index (χ1n) is 6.95. The highest BCUT2D eigenvalue weighted by Crippen LogP contribution is 2.19. The van der Waals surface area contributed by atoms with Crippen LogP contribution in [0.2, 0.25) is 0 Å². The molecule has 3 heterocycles. The fourth-order valence-electron chi connectivity index (χ4n) is 2.72. The van der Waals surface area contributed by atoms with Crippen LogP contribution in [0.1, 0.15) is 11.3 Å². The highest BCUT2D eigenvalue weighted by atomic mass is 16.3. The van der Waals surface area contributed by atoms with E-state index in [1.165, 1.54) is 0 Å². The molecule has 1 aromatic carbocycles. The predicted molar refractivity (Wildman–Crippen MR) is 82.2 cm³/mol. The van der Waals surface area contributed by atoms with E-state index in [2.05, 4.69) is 34.1 Å². The lowest BCUT2D eigenvalue weighted by Crippen LogP contribution is -1.98. The molecular weight excluding hydrogens is 262 g/mol. The number of rotatable bonds is 3. The monoisotopic (exact) mass is 277 g/mol. The molecule has 21 heavy (non-hydrogen) atoms. The van der Waals surface area contributed by atoms with Gasteiger partial charge in [-0.2, -0.15) is 0 Å². The van der Waals surface area contributed by atoms with Crippen LogP contribution < -0.4 is 0 Å². The molecule has 4 aromatic rings. The number of nitrogens with zero attached hydrogens (tertiary/aromatic N) is 3. The summed E-state index contributed by atoms with van der Waals surface area (Å²) >= 11 is 0. The number of imidazole rings is 1. The number of aliphatic hydroxyl groups excluding tert-OH is 1. The molecule has 0 aliphatic carbocycles. The second kappa shape index (κ2) is 4.75. The van der Waals surface area contributed by atoms with E-state index in [0.29, 0.717) is 0 Å². The Morgan fingerprint density at radius 1 is 1.05 bits per heavy atom. The lowest BCUT2D eigenvalue weighted by Gasteiger charge is -2.03. The summed E-state index contributed by atoms with van der Waals surface area (Å²) in [4.78, 5) is 4.63. The van der Waals surface area contributed by atoms with E-state index >= 15 is 0 Å². The van der Waals surface area contributed by atoms with Crippen LogP contribution in [0.3, 0.4) is 0 Å². The maximum absolute atomic E-state index is 9.20. The van der Waals surface area contributed by atoms with E-state index in [9.17, 15) is 5.11 Å². The fourth-order valence-corrected chi connectivity index (χ4v) is 2.72. The van der Waals surface area contributed by atoms with Gasteiger partial charge in [0.1, 0.15) is 5.65 Å². The molecule has 0 aliphatic heterocycles. The zero-order valence-electron chi connectivity index (χ0n) is 11.5. The first-order valence-corrected chi connectivity index (χ1v) is 6.95. The van der Waals surface area contributed by atoms with E-state index in [1.54, 1.807) is 0 Å². The molecular formula is C17H15N3O. The minimum absolute atomic E-state index is 0.0769. The van der Waals surface area contributed by atoms with Crippen LogP contribution in [0, 0.1) is 0 Å². The van der Waals surface area contributed by atoms with Gasteiger partial charge in [-0.15, -0.1) is 0 Å². The SMILES string of the molecule is OCc1ccc2c(ccn2Cc2cn3ccccc3n2)c1. The van der Waals surface area contributed by atoms with Crippen molar-refractivity contribution in [1.82, 2.24) is 14.0 Å². The molecule has 0 radical (unpaired) electrons. The molecule has 0 saturated carbocycles. The van der Waals surface area contributed by atoms with E-state index in [4.69, 9.17) is 0 Å². The third-order valence-corrected chi connectivity index (χ3v) is 3.76. The maximum atomic E-state index is 9.20. The molecule has 0 saturated heterocycles. The van der Waals surface area contributed by atoms with Gasteiger partial charge in [-0.3, -0.25) is 0 Å². The Labute approximate surface area is 121 Å². The number of hydrogen-bond donors (Lipinski definition) is 1. The summed E-state index contributed by atoms with van der Waals surface area (Å²) in [5.74, 6) is 0. The first kappa shape index (κ1) is 12.2. The molecule has 1 N–H and O–H groups in total. The number of aromatic nitrogens is 3. The number of fused-ring (bicyclic) bond motifs is 2. The van der Waals surface area contributed by atoms with Crippen molar-refractivity contribution in [3.8, 4) is 0 Å². The van der Waals surface area contributed by atoms with Gasteiger partial charge in [-0.25, -0.2) is 4.98 Å². The van der Waals surface area contributed by atoms with Crippen LogP contribution in [-0.2, 0) is 13.2 Å². The lowest BCUT2D eigenvalue weighted by molar-refractivity contribution is 0.282. The maximum Gasteiger partial charge on any atom is 0.137 e. The highest BCUT2D eigenvalue weighted by Gasteiger charge is 2.05. The summed E-state index contributed by atoms with van der Waals surface area (Å²) in [6, 6.07) is 14.1. The Morgan fingerprint density at radius 3 is 2.86 bits per heavy atom. The van der Waals surface area contributed by atoms with Crippen LogP contribution in [0.15, 0.2) is 61.1 Å². The second-order valence-corrected chi connectivity index (χ2v) is 5.19. The topological polar surface area (TPSA) is 42.5 Å². The zero-order chi connectivity index (χ0) is 14.2. The van der Waals surface area contributed by atoms with Gasteiger partial charge >= 0.3 is 0 Å². The van der Waals surface area contributed by atoms with Crippen molar-refractivity contribution in [2.75, 3.05) is 0 Å². The summed E-state index contributed by atoms with van der Waals surface area (Å²) in [6.07, 6.45) is 6.13. The molecule has 4 rings (SSSR count). The Balaban J connectivity index is 1.73. The molecule has 0 fully saturated rings. The number of pyridine rings is 1. The number of benzene rings is 1. The average Bonchev–Trinajstić information content (AvgIpc) is 3.10. The normalized spacial score (nSPS) is 11.5. The Hall–Kier alpha value is -2.59. The fraction of sp³-hybridized carbons (Fsp3) is 0.118. The number of hydrogen-bond acceptors (Lipinski definition) is 2. The number of aliphatic hydroxyl groups is 1. The zero-order valence-corrected chi connectivity index (χ0v) is 11.5. The van der Waals surface area contributed by atoms with Gasteiger partial charge < -0.3 is 14.1 Å². The minimum Gasteiger partial charge on any atom is -0.392 e. The lowest BCUT2D eigenvalue weighted by atomic mass is 10.2. The van der Waals surface area contributed by atoms with Crippen LogP contribution >= 0.6 is 0 Å². The van der Waals surface area contributed by atoms with Crippen LogP contribution in [0.25, 0.3) is 16.6 Å². The summed E-state index contributed by atoms with van der Waals surface area (Å²) in [6.45, 7) is 0.817. The summed E-state index contributed by atoms with van der Waals surface area (Å²) in [7, 11) is 0. The van der Waals surface area contributed by atoms with Gasteiger partial charge in [-0.05, 0) is 41.3 Å². The average molecular weight is 277 g/mol. The molecule has 0 unspecified atom stereocenters.